The van der Waals surface area contributed by atoms with Gasteiger partial charge in [-0.15, -0.1) is 13.2 Å². The third-order valence-corrected chi connectivity index (χ3v) is 3.59. The van der Waals surface area contributed by atoms with Crippen LogP contribution in [0.3, 0.4) is 0 Å². The molecule has 0 amide bonds. The van der Waals surface area contributed by atoms with Crippen LogP contribution in [0.4, 0.5) is 17.6 Å². The van der Waals surface area contributed by atoms with Crippen molar-refractivity contribution in [3.63, 3.8) is 0 Å². The number of benzene rings is 2. The first-order chi connectivity index (χ1) is 12.4. The van der Waals surface area contributed by atoms with E-state index in [1.165, 1.54) is 30.3 Å². The summed E-state index contributed by atoms with van der Waals surface area (Å²) < 4.78 is 64.7. The number of nitrogens with zero attached hydrogens (tertiary/aromatic N) is 1. The summed E-state index contributed by atoms with van der Waals surface area (Å²) in [4.78, 5) is 4.33. The van der Waals surface area contributed by atoms with Gasteiger partial charge in [0.25, 0.3) is 0 Å². The quantitative estimate of drug-likeness (QED) is 0.712. The highest BCUT2D eigenvalue weighted by atomic mass is 19.4. The van der Waals surface area contributed by atoms with E-state index in [0.29, 0.717) is 30.9 Å². The van der Waals surface area contributed by atoms with Crippen molar-refractivity contribution in [1.29, 1.82) is 0 Å². The van der Waals surface area contributed by atoms with E-state index in [1.54, 1.807) is 18.2 Å². The molecule has 1 unspecified atom stereocenters. The topological polar surface area (TPSA) is 40.0 Å². The van der Waals surface area contributed by atoms with Crippen molar-refractivity contribution >= 4 is 5.90 Å². The minimum Gasteiger partial charge on any atom is -0.494 e. The Morgan fingerprint density at radius 1 is 1.04 bits per heavy atom. The number of rotatable bonds is 6. The predicted octanol–water partition coefficient (Wildman–Crippen LogP) is 4.34. The fourth-order valence-electron chi connectivity index (χ4n) is 2.40. The Kier molecular flexibility index (Phi) is 5.29. The highest BCUT2D eigenvalue weighted by molar-refractivity contribution is 5.95. The van der Waals surface area contributed by atoms with E-state index >= 15 is 0 Å². The van der Waals surface area contributed by atoms with Crippen LogP contribution in [0.5, 0.6) is 11.5 Å². The van der Waals surface area contributed by atoms with E-state index in [9.17, 15) is 17.6 Å². The van der Waals surface area contributed by atoms with Gasteiger partial charge in [0.1, 0.15) is 23.9 Å². The SMILES string of the molecule is Fc1ccccc1C1=NC(CCOc2ccc(OC(F)(F)F)cc2)CO1. The Balaban J connectivity index is 1.49. The molecule has 4 nitrogen and oxygen atoms in total. The Morgan fingerprint density at radius 3 is 2.42 bits per heavy atom. The van der Waals surface area contributed by atoms with Gasteiger partial charge < -0.3 is 14.2 Å². The largest absolute Gasteiger partial charge is 0.573 e. The van der Waals surface area contributed by atoms with Crippen molar-refractivity contribution < 1.29 is 31.8 Å². The summed E-state index contributed by atoms with van der Waals surface area (Å²) in [7, 11) is 0. The zero-order chi connectivity index (χ0) is 18.6. The second-order valence-electron chi connectivity index (χ2n) is 5.54. The van der Waals surface area contributed by atoms with Crippen molar-refractivity contribution in [1.82, 2.24) is 0 Å². The van der Waals surface area contributed by atoms with E-state index in [2.05, 4.69) is 9.73 Å². The van der Waals surface area contributed by atoms with Crippen LogP contribution in [-0.4, -0.2) is 31.5 Å². The van der Waals surface area contributed by atoms with E-state index in [4.69, 9.17) is 9.47 Å². The fraction of sp³-hybridized carbons (Fsp3) is 0.278. The van der Waals surface area contributed by atoms with Gasteiger partial charge in [-0.3, -0.25) is 0 Å². The molecular formula is C18H15F4NO3. The third-order valence-electron chi connectivity index (χ3n) is 3.59. The van der Waals surface area contributed by atoms with Crippen LogP contribution in [0.15, 0.2) is 53.5 Å². The molecule has 0 saturated carbocycles. The molecule has 0 aromatic heterocycles. The zero-order valence-corrected chi connectivity index (χ0v) is 13.5. The number of hydrogen-bond acceptors (Lipinski definition) is 4. The molecule has 0 saturated heterocycles. The molecular weight excluding hydrogens is 354 g/mol. The summed E-state index contributed by atoms with van der Waals surface area (Å²) in [5.41, 5.74) is 0.316. The zero-order valence-electron chi connectivity index (χ0n) is 13.5. The standard InChI is InChI=1S/C18H15F4NO3/c19-16-4-2-1-3-15(16)17-23-12(11-25-17)9-10-24-13-5-7-14(8-6-13)26-18(20,21)22/h1-8,12H,9-11H2. The lowest BCUT2D eigenvalue weighted by Crippen LogP contribution is -2.17. The maximum Gasteiger partial charge on any atom is 0.573 e. The summed E-state index contributed by atoms with van der Waals surface area (Å²) >= 11 is 0. The number of ether oxygens (including phenoxy) is 3. The Morgan fingerprint density at radius 2 is 1.73 bits per heavy atom. The molecule has 1 heterocycles. The van der Waals surface area contributed by atoms with Crippen LogP contribution < -0.4 is 9.47 Å². The van der Waals surface area contributed by atoms with Gasteiger partial charge in [-0.2, -0.15) is 0 Å². The Bertz CT molecular complexity index is 775. The van der Waals surface area contributed by atoms with Gasteiger partial charge >= 0.3 is 6.36 Å². The summed E-state index contributed by atoms with van der Waals surface area (Å²) in [6.45, 7) is 0.618. The van der Waals surface area contributed by atoms with Crippen molar-refractivity contribution in [3.8, 4) is 11.5 Å². The molecule has 0 spiro atoms. The van der Waals surface area contributed by atoms with Crippen LogP contribution in [0, 0.1) is 5.82 Å². The van der Waals surface area contributed by atoms with Crippen molar-refractivity contribution in [3.05, 3.63) is 59.9 Å². The van der Waals surface area contributed by atoms with Gasteiger partial charge in [0.2, 0.25) is 5.90 Å². The minimum atomic E-state index is -4.72. The second-order valence-corrected chi connectivity index (χ2v) is 5.54. The molecule has 1 aliphatic heterocycles. The lowest BCUT2D eigenvalue weighted by Gasteiger charge is -2.10. The molecule has 0 aliphatic carbocycles. The summed E-state index contributed by atoms with van der Waals surface area (Å²) in [6.07, 6.45) is -4.20. The van der Waals surface area contributed by atoms with Crippen LogP contribution in [0.2, 0.25) is 0 Å². The molecule has 0 N–H and O–H groups in total. The average molecular weight is 369 g/mol. The molecule has 26 heavy (non-hydrogen) atoms. The van der Waals surface area contributed by atoms with Crippen LogP contribution in [-0.2, 0) is 4.74 Å². The second kappa shape index (κ2) is 7.63. The average Bonchev–Trinajstić information content (AvgIpc) is 3.04. The number of hydrogen-bond donors (Lipinski definition) is 0. The van der Waals surface area contributed by atoms with Crippen molar-refractivity contribution in [2.45, 2.75) is 18.8 Å². The van der Waals surface area contributed by atoms with Gasteiger partial charge in [-0.25, -0.2) is 9.38 Å². The first-order valence-electron chi connectivity index (χ1n) is 7.85. The normalized spacial score (nSPS) is 16.8. The summed E-state index contributed by atoms with van der Waals surface area (Å²) in [6, 6.07) is 11.2. The Labute approximate surface area is 147 Å². The number of halogens is 4. The van der Waals surface area contributed by atoms with Crippen LogP contribution >= 0.6 is 0 Å². The number of alkyl halides is 3. The van der Waals surface area contributed by atoms with Crippen molar-refractivity contribution in [2.24, 2.45) is 4.99 Å². The summed E-state index contributed by atoms with van der Waals surface area (Å²) in [5.74, 6) is -0.0315. The third kappa shape index (κ3) is 4.87. The van der Waals surface area contributed by atoms with Crippen LogP contribution in [0.1, 0.15) is 12.0 Å². The smallest absolute Gasteiger partial charge is 0.494 e. The molecule has 0 bridgehead atoms. The van der Waals surface area contributed by atoms with Gasteiger partial charge in [-0.1, -0.05) is 12.1 Å². The first kappa shape index (κ1) is 18.0. The molecule has 1 aliphatic rings. The Hall–Kier alpha value is -2.77. The molecule has 0 radical (unpaired) electrons. The fourth-order valence-corrected chi connectivity index (χ4v) is 2.40. The predicted molar refractivity (Wildman–Crippen MR) is 85.9 cm³/mol. The lowest BCUT2D eigenvalue weighted by atomic mass is 10.2. The lowest BCUT2D eigenvalue weighted by molar-refractivity contribution is -0.274. The molecule has 1 atom stereocenters. The molecule has 138 valence electrons. The van der Waals surface area contributed by atoms with E-state index in [0.717, 1.165) is 0 Å². The molecule has 3 rings (SSSR count). The van der Waals surface area contributed by atoms with Crippen LogP contribution in [0.25, 0.3) is 0 Å². The van der Waals surface area contributed by atoms with Gasteiger partial charge in [0.05, 0.1) is 18.2 Å². The molecule has 2 aromatic rings. The van der Waals surface area contributed by atoms with E-state index < -0.39 is 12.2 Å². The minimum absolute atomic E-state index is 0.169. The highest BCUT2D eigenvalue weighted by Gasteiger charge is 2.31. The van der Waals surface area contributed by atoms with Gasteiger partial charge in [0.15, 0.2) is 0 Å². The van der Waals surface area contributed by atoms with Gasteiger partial charge in [-0.05, 0) is 36.4 Å². The molecule has 2 aromatic carbocycles. The van der Waals surface area contributed by atoms with Crippen molar-refractivity contribution in [2.75, 3.05) is 13.2 Å². The van der Waals surface area contributed by atoms with Gasteiger partial charge in [0, 0.05) is 6.42 Å². The monoisotopic (exact) mass is 369 g/mol. The highest BCUT2D eigenvalue weighted by Crippen LogP contribution is 2.25. The molecule has 0 fully saturated rings. The number of aliphatic imine (C=N–C) groups is 1. The first-order valence-corrected chi connectivity index (χ1v) is 7.85. The van der Waals surface area contributed by atoms with E-state index in [1.807, 2.05) is 0 Å². The van der Waals surface area contributed by atoms with E-state index in [-0.39, 0.29) is 17.7 Å². The molecule has 8 heteroatoms. The maximum absolute atomic E-state index is 13.7. The summed E-state index contributed by atoms with van der Waals surface area (Å²) in [5, 5.41) is 0. The maximum atomic E-state index is 13.7.